The fourth-order valence-corrected chi connectivity index (χ4v) is 3.50. The Balaban J connectivity index is 1.92. The zero-order chi connectivity index (χ0) is 17.5. The van der Waals surface area contributed by atoms with Crippen LogP contribution < -0.4 is 5.73 Å². The van der Waals surface area contributed by atoms with Crippen LogP contribution in [0.4, 0.5) is 4.39 Å². The van der Waals surface area contributed by atoms with Crippen LogP contribution in [0, 0.1) is 25.1 Å². The van der Waals surface area contributed by atoms with Crippen molar-refractivity contribution in [2.45, 2.75) is 27.2 Å². The number of aryl methyl sites for hydroxylation is 1. The minimum absolute atomic E-state index is 0.0120. The molecule has 24 heavy (non-hydrogen) atoms. The number of hydrogen-bond acceptors (Lipinski definition) is 2. The number of amides is 1. The summed E-state index contributed by atoms with van der Waals surface area (Å²) >= 11 is 0. The molecule has 1 aliphatic rings. The van der Waals surface area contributed by atoms with Crippen LogP contribution in [0.2, 0.25) is 0 Å². The minimum Gasteiger partial charge on any atom is -0.338 e. The molecule has 1 unspecified atom stereocenters. The molecule has 0 saturated carbocycles. The second-order valence-corrected chi connectivity index (χ2v) is 7.09. The Hall–Kier alpha value is -2.14. The van der Waals surface area contributed by atoms with Gasteiger partial charge in [0.1, 0.15) is 5.82 Å². The standard InChI is InChI=1S/C19H24FN3O/c1-13-10-17(18(24)22-9-8-19(3,11-21)12-22)14(2)23(13)16-6-4-15(20)5-7-16/h4-7,10H,8-9,11-12,21H2,1-3H3. The minimum atomic E-state index is -0.268. The molecule has 0 radical (unpaired) electrons. The highest BCUT2D eigenvalue weighted by Crippen LogP contribution is 2.31. The number of aromatic nitrogens is 1. The zero-order valence-electron chi connectivity index (χ0n) is 14.5. The molecule has 1 saturated heterocycles. The molecule has 0 spiro atoms. The Labute approximate surface area is 142 Å². The van der Waals surface area contributed by atoms with Crippen LogP contribution in [0.25, 0.3) is 5.69 Å². The van der Waals surface area contributed by atoms with Crippen molar-refractivity contribution in [3.63, 3.8) is 0 Å². The van der Waals surface area contributed by atoms with Crippen molar-refractivity contribution in [2.24, 2.45) is 11.1 Å². The maximum atomic E-state index is 13.2. The summed E-state index contributed by atoms with van der Waals surface area (Å²) in [5.74, 6) is -0.218. The predicted molar refractivity (Wildman–Crippen MR) is 92.9 cm³/mol. The maximum absolute atomic E-state index is 13.2. The van der Waals surface area contributed by atoms with Gasteiger partial charge >= 0.3 is 0 Å². The van der Waals surface area contributed by atoms with Crippen molar-refractivity contribution in [2.75, 3.05) is 19.6 Å². The number of nitrogens with two attached hydrogens (primary N) is 1. The van der Waals surface area contributed by atoms with Crippen LogP contribution >= 0.6 is 0 Å². The Morgan fingerprint density at radius 2 is 1.96 bits per heavy atom. The third-order valence-corrected chi connectivity index (χ3v) is 5.08. The van der Waals surface area contributed by atoms with E-state index in [0.717, 1.165) is 30.0 Å². The van der Waals surface area contributed by atoms with Gasteiger partial charge in [0.05, 0.1) is 5.56 Å². The van der Waals surface area contributed by atoms with Gasteiger partial charge in [-0.3, -0.25) is 4.79 Å². The maximum Gasteiger partial charge on any atom is 0.255 e. The Kier molecular flexibility index (Phi) is 4.22. The van der Waals surface area contributed by atoms with Gasteiger partial charge in [-0.2, -0.15) is 0 Å². The number of carbonyl (C=O) groups is 1. The van der Waals surface area contributed by atoms with E-state index in [1.165, 1.54) is 12.1 Å². The molecular formula is C19H24FN3O. The van der Waals surface area contributed by atoms with Crippen molar-refractivity contribution in [3.05, 3.63) is 53.1 Å². The summed E-state index contributed by atoms with van der Waals surface area (Å²) in [6, 6.07) is 8.24. The molecule has 1 atom stereocenters. The summed E-state index contributed by atoms with van der Waals surface area (Å²) in [5.41, 5.74) is 9.26. The van der Waals surface area contributed by atoms with Gasteiger partial charge in [-0.05, 0) is 62.6 Å². The first-order valence-corrected chi connectivity index (χ1v) is 8.29. The Morgan fingerprint density at radius 3 is 2.54 bits per heavy atom. The van der Waals surface area contributed by atoms with Crippen LogP contribution in [0.1, 0.15) is 35.1 Å². The normalized spacial score (nSPS) is 20.6. The van der Waals surface area contributed by atoms with Crippen LogP contribution in [0.3, 0.4) is 0 Å². The Morgan fingerprint density at radius 1 is 1.29 bits per heavy atom. The van der Waals surface area contributed by atoms with E-state index < -0.39 is 0 Å². The van der Waals surface area contributed by atoms with E-state index in [0.29, 0.717) is 18.7 Å². The van der Waals surface area contributed by atoms with Gasteiger partial charge in [-0.1, -0.05) is 6.92 Å². The molecule has 5 heteroatoms. The number of hydrogen-bond donors (Lipinski definition) is 1. The van der Waals surface area contributed by atoms with Gasteiger partial charge in [0, 0.05) is 30.2 Å². The first kappa shape index (κ1) is 16.7. The van der Waals surface area contributed by atoms with Crippen LogP contribution in [0.15, 0.2) is 30.3 Å². The van der Waals surface area contributed by atoms with Gasteiger partial charge in [-0.15, -0.1) is 0 Å². The highest BCUT2D eigenvalue weighted by atomic mass is 19.1. The van der Waals surface area contributed by atoms with Crippen molar-refractivity contribution < 1.29 is 9.18 Å². The van der Waals surface area contributed by atoms with E-state index in [9.17, 15) is 9.18 Å². The van der Waals surface area contributed by atoms with Crippen molar-refractivity contribution >= 4 is 5.91 Å². The summed E-state index contributed by atoms with van der Waals surface area (Å²) in [4.78, 5) is 14.8. The molecule has 4 nitrogen and oxygen atoms in total. The number of likely N-dealkylation sites (tertiary alicyclic amines) is 1. The fourth-order valence-electron chi connectivity index (χ4n) is 3.50. The van der Waals surface area contributed by atoms with Gasteiger partial charge in [0.25, 0.3) is 5.91 Å². The smallest absolute Gasteiger partial charge is 0.255 e. The topological polar surface area (TPSA) is 51.3 Å². The molecular weight excluding hydrogens is 305 g/mol. The van der Waals surface area contributed by atoms with Gasteiger partial charge in [0.15, 0.2) is 0 Å². The summed E-state index contributed by atoms with van der Waals surface area (Å²) in [6.07, 6.45) is 0.936. The highest BCUT2D eigenvalue weighted by molar-refractivity contribution is 5.96. The third kappa shape index (κ3) is 2.84. The first-order chi connectivity index (χ1) is 11.3. The SMILES string of the molecule is Cc1cc(C(=O)N2CCC(C)(CN)C2)c(C)n1-c1ccc(F)cc1. The molecule has 1 aromatic heterocycles. The molecule has 3 rings (SSSR count). The predicted octanol–water partition coefficient (Wildman–Crippen LogP) is 3.04. The largest absolute Gasteiger partial charge is 0.338 e. The molecule has 2 aromatic rings. The molecule has 128 valence electrons. The van der Waals surface area contributed by atoms with Crippen molar-refractivity contribution in [3.8, 4) is 5.69 Å². The zero-order valence-corrected chi connectivity index (χ0v) is 14.5. The van der Waals surface area contributed by atoms with E-state index in [-0.39, 0.29) is 17.1 Å². The number of benzene rings is 1. The molecule has 2 N–H and O–H groups in total. The molecule has 1 amide bonds. The van der Waals surface area contributed by atoms with Gasteiger partial charge in [0.2, 0.25) is 0 Å². The quantitative estimate of drug-likeness (QED) is 0.941. The van der Waals surface area contributed by atoms with E-state index in [1.54, 1.807) is 12.1 Å². The second kappa shape index (κ2) is 6.06. The van der Waals surface area contributed by atoms with E-state index in [2.05, 4.69) is 6.92 Å². The lowest BCUT2D eigenvalue weighted by atomic mass is 9.90. The second-order valence-electron chi connectivity index (χ2n) is 7.09. The van der Waals surface area contributed by atoms with Crippen LogP contribution in [-0.2, 0) is 0 Å². The summed E-state index contributed by atoms with van der Waals surface area (Å²) in [5, 5.41) is 0. The lowest BCUT2D eigenvalue weighted by molar-refractivity contribution is 0.0776. The van der Waals surface area contributed by atoms with Crippen molar-refractivity contribution in [1.29, 1.82) is 0 Å². The van der Waals surface area contributed by atoms with E-state index in [1.807, 2.05) is 29.4 Å². The Bertz CT molecular complexity index is 766. The molecule has 2 heterocycles. The summed E-state index contributed by atoms with van der Waals surface area (Å²) in [6.45, 7) is 8.05. The monoisotopic (exact) mass is 329 g/mol. The molecule has 1 aromatic carbocycles. The molecule has 1 fully saturated rings. The number of rotatable bonds is 3. The van der Waals surface area contributed by atoms with Gasteiger partial charge < -0.3 is 15.2 Å². The van der Waals surface area contributed by atoms with Crippen LogP contribution in [-0.4, -0.2) is 35.0 Å². The van der Waals surface area contributed by atoms with E-state index >= 15 is 0 Å². The summed E-state index contributed by atoms with van der Waals surface area (Å²) in [7, 11) is 0. The lowest BCUT2D eigenvalue weighted by Crippen LogP contribution is -2.34. The fraction of sp³-hybridized carbons (Fsp3) is 0.421. The number of nitrogens with zero attached hydrogens (tertiary/aromatic N) is 2. The number of carbonyl (C=O) groups excluding carboxylic acids is 1. The molecule has 1 aliphatic heterocycles. The molecule has 0 bridgehead atoms. The average molecular weight is 329 g/mol. The first-order valence-electron chi connectivity index (χ1n) is 8.29. The summed E-state index contributed by atoms with van der Waals surface area (Å²) < 4.78 is 15.2. The average Bonchev–Trinajstić information content (AvgIpc) is 3.09. The van der Waals surface area contributed by atoms with E-state index in [4.69, 9.17) is 5.73 Å². The van der Waals surface area contributed by atoms with Crippen molar-refractivity contribution in [1.82, 2.24) is 9.47 Å². The lowest BCUT2D eigenvalue weighted by Gasteiger charge is -2.22. The number of halogens is 1. The molecule has 0 aliphatic carbocycles. The highest BCUT2D eigenvalue weighted by Gasteiger charge is 2.36. The van der Waals surface area contributed by atoms with Crippen LogP contribution in [0.5, 0.6) is 0 Å². The third-order valence-electron chi connectivity index (χ3n) is 5.08. The van der Waals surface area contributed by atoms with Gasteiger partial charge in [-0.25, -0.2) is 4.39 Å².